The zero-order valence-electron chi connectivity index (χ0n) is 25.7. The zero-order valence-corrected chi connectivity index (χ0v) is 25.7. The number of rotatable bonds is 4. The number of hydrogen-bond donors (Lipinski definition) is 0. The summed E-state index contributed by atoms with van der Waals surface area (Å²) in [4.78, 5) is 36.1. The van der Waals surface area contributed by atoms with Crippen LogP contribution in [0.15, 0.2) is 36.7 Å². The summed E-state index contributed by atoms with van der Waals surface area (Å²) in [5, 5.41) is 6.35. The monoisotopic (exact) mass is 583 g/mol. The number of anilines is 3. The molecule has 1 aromatic carbocycles. The first-order valence-electron chi connectivity index (χ1n) is 15.6. The van der Waals surface area contributed by atoms with Crippen molar-refractivity contribution in [2.45, 2.75) is 65.0 Å². The predicted molar refractivity (Wildman–Crippen MR) is 168 cm³/mol. The summed E-state index contributed by atoms with van der Waals surface area (Å²) in [7, 11) is 0. The molecule has 3 aliphatic rings. The molecule has 3 aromatic heterocycles. The number of fused-ring (bicyclic) bond motifs is 2. The van der Waals surface area contributed by atoms with Crippen LogP contribution in [0.25, 0.3) is 16.6 Å². The summed E-state index contributed by atoms with van der Waals surface area (Å²) in [5.41, 5.74) is 3.52. The second-order valence-electron chi connectivity index (χ2n) is 13.0. The summed E-state index contributed by atoms with van der Waals surface area (Å²) in [6, 6.07) is 10.7. The maximum atomic E-state index is 12.7. The van der Waals surface area contributed by atoms with Crippen molar-refractivity contribution in [3.63, 3.8) is 0 Å². The minimum absolute atomic E-state index is 0.0949. The van der Waals surface area contributed by atoms with Crippen LogP contribution >= 0.6 is 0 Å². The second-order valence-corrected chi connectivity index (χ2v) is 13.0. The van der Waals surface area contributed by atoms with Crippen LogP contribution in [0.3, 0.4) is 0 Å². The molecule has 4 aromatic rings. The molecule has 1 amide bonds. The number of piperidine rings is 1. The van der Waals surface area contributed by atoms with Crippen LogP contribution < -0.4 is 14.7 Å². The third-order valence-corrected chi connectivity index (χ3v) is 8.82. The Morgan fingerprint density at radius 1 is 0.930 bits per heavy atom. The largest absolute Gasteiger partial charge is 0.444 e. The fourth-order valence-electron chi connectivity index (χ4n) is 6.47. The van der Waals surface area contributed by atoms with E-state index < -0.39 is 5.60 Å². The van der Waals surface area contributed by atoms with E-state index in [1.165, 1.54) is 12.0 Å². The Kier molecular flexibility index (Phi) is 6.98. The molecule has 43 heavy (non-hydrogen) atoms. The highest BCUT2D eigenvalue weighted by Gasteiger charge is 2.32. The molecule has 7 rings (SSSR count). The lowest BCUT2D eigenvalue weighted by atomic mass is 9.98. The summed E-state index contributed by atoms with van der Waals surface area (Å²) < 4.78 is 7.64. The van der Waals surface area contributed by atoms with Crippen molar-refractivity contribution in [2.24, 2.45) is 0 Å². The average Bonchev–Trinajstić information content (AvgIpc) is 3.39. The van der Waals surface area contributed by atoms with E-state index >= 15 is 0 Å². The van der Waals surface area contributed by atoms with E-state index in [4.69, 9.17) is 19.8 Å². The molecule has 226 valence electrons. The number of carbonyl (C=O) groups excluding carboxylic acids is 1. The van der Waals surface area contributed by atoms with Gasteiger partial charge in [0.1, 0.15) is 29.4 Å². The molecule has 0 aliphatic carbocycles. The number of nitrogens with zero attached hydrogens (tertiary/aromatic N) is 9. The van der Waals surface area contributed by atoms with Gasteiger partial charge in [0.15, 0.2) is 5.65 Å². The quantitative estimate of drug-likeness (QED) is 0.330. The predicted octanol–water partition coefficient (Wildman–Crippen LogP) is 4.98. The van der Waals surface area contributed by atoms with Crippen LogP contribution in [-0.4, -0.2) is 87.0 Å². The van der Waals surface area contributed by atoms with Crippen molar-refractivity contribution in [1.82, 2.24) is 29.5 Å². The van der Waals surface area contributed by atoms with Crippen molar-refractivity contribution >= 4 is 40.1 Å². The molecule has 11 heteroatoms. The van der Waals surface area contributed by atoms with E-state index in [1.807, 2.05) is 25.3 Å². The minimum Gasteiger partial charge on any atom is -0.444 e. The third kappa shape index (κ3) is 5.29. The van der Waals surface area contributed by atoms with E-state index in [0.717, 1.165) is 78.6 Å². The molecule has 6 heterocycles. The van der Waals surface area contributed by atoms with Crippen LogP contribution in [0.2, 0.25) is 0 Å². The SMILES string of the molecule is Cc1cccc2ncnc(N3CCCCC3c3cc4nc(N5CCC5)cc(N5CCN(C(=O)OC(C)(C)C)CC5)n4n3)c12. The number of hydrogen-bond acceptors (Lipinski definition) is 9. The Morgan fingerprint density at radius 3 is 2.49 bits per heavy atom. The van der Waals surface area contributed by atoms with Gasteiger partial charge in [-0.1, -0.05) is 12.1 Å². The standard InChI is InChI=1S/C32H41N9O2/c1-22-9-7-10-23-29(22)30(34-21-33-23)40-14-6-5-11-25(40)24-19-27-35-26(37-12-8-13-37)20-28(41(27)36-24)38-15-17-39(18-16-38)31(42)43-32(2,3)4/h7,9-10,19-21,25H,5-6,8,11-18H2,1-4H3. The van der Waals surface area contributed by atoms with Crippen LogP contribution in [0, 0.1) is 6.92 Å². The molecular formula is C32H41N9O2. The number of aryl methyl sites for hydroxylation is 1. The maximum absolute atomic E-state index is 12.7. The van der Waals surface area contributed by atoms with E-state index in [0.29, 0.717) is 26.2 Å². The van der Waals surface area contributed by atoms with E-state index in [9.17, 15) is 4.79 Å². The fraction of sp³-hybridized carbons (Fsp3) is 0.531. The third-order valence-electron chi connectivity index (χ3n) is 8.82. The second kappa shape index (κ2) is 10.8. The minimum atomic E-state index is -0.507. The highest BCUT2D eigenvalue weighted by molar-refractivity contribution is 5.92. The van der Waals surface area contributed by atoms with Gasteiger partial charge in [0, 0.05) is 63.3 Å². The molecule has 11 nitrogen and oxygen atoms in total. The molecule has 3 aliphatic heterocycles. The molecule has 0 radical (unpaired) electrons. The number of aromatic nitrogens is 5. The summed E-state index contributed by atoms with van der Waals surface area (Å²) >= 11 is 0. The normalized spacial score (nSPS) is 19.7. The Labute approximate surface area is 252 Å². The van der Waals surface area contributed by atoms with Gasteiger partial charge in [-0.2, -0.15) is 9.61 Å². The molecule has 3 saturated heterocycles. The van der Waals surface area contributed by atoms with E-state index in [2.05, 4.69) is 56.9 Å². The van der Waals surface area contributed by atoms with Crippen molar-refractivity contribution < 1.29 is 9.53 Å². The maximum Gasteiger partial charge on any atom is 0.410 e. The Hall–Kier alpha value is -4.15. The number of benzene rings is 1. The molecular weight excluding hydrogens is 542 g/mol. The lowest BCUT2D eigenvalue weighted by Gasteiger charge is -2.37. The summed E-state index contributed by atoms with van der Waals surface area (Å²) in [6.07, 6.45) is 5.88. The number of amides is 1. The lowest BCUT2D eigenvalue weighted by molar-refractivity contribution is 0.0240. The van der Waals surface area contributed by atoms with Crippen LogP contribution in [-0.2, 0) is 4.74 Å². The average molecular weight is 584 g/mol. The van der Waals surface area contributed by atoms with Crippen LogP contribution in [0.4, 0.5) is 22.2 Å². The molecule has 0 saturated carbocycles. The molecule has 0 bridgehead atoms. The molecule has 1 atom stereocenters. The molecule has 1 unspecified atom stereocenters. The lowest BCUT2D eigenvalue weighted by Crippen LogP contribution is -2.50. The molecule has 3 fully saturated rings. The highest BCUT2D eigenvalue weighted by atomic mass is 16.6. The first kappa shape index (κ1) is 27.7. The van der Waals surface area contributed by atoms with E-state index in [-0.39, 0.29) is 12.1 Å². The van der Waals surface area contributed by atoms with Gasteiger partial charge in [0.25, 0.3) is 0 Å². The van der Waals surface area contributed by atoms with Crippen molar-refractivity contribution in [2.75, 3.05) is 60.5 Å². The Morgan fingerprint density at radius 2 is 1.74 bits per heavy atom. The number of ether oxygens (including phenoxy) is 1. The van der Waals surface area contributed by atoms with Gasteiger partial charge in [0.05, 0.1) is 17.3 Å². The highest BCUT2D eigenvalue weighted by Crippen LogP contribution is 2.38. The van der Waals surface area contributed by atoms with Gasteiger partial charge < -0.3 is 24.3 Å². The van der Waals surface area contributed by atoms with Crippen LogP contribution in [0.5, 0.6) is 0 Å². The fourth-order valence-corrected chi connectivity index (χ4v) is 6.47. The topological polar surface area (TPSA) is 95.2 Å². The van der Waals surface area contributed by atoms with Gasteiger partial charge in [-0.25, -0.2) is 19.7 Å². The molecule has 0 spiro atoms. The number of carbonyl (C=O) groups is 1. The zero-order chi connectivity index (χ0) is 29.7. The van der Waals surface area contributed by atoms with Gasteiger partial charge in [-0.05, 0) is 65.0 Å². The van der Waals surface area contributed by atoms with Gasteiger partial charge >= 0.3 is 6.09 Å². The Bertz CT molecular complexity index is 1640. The summed E-state index contributed by atoms with van der Waals surface area (Å²) in [5.74, 6) is 3.00. The van der Waals surface area contributed by atoms with Gasteiger partial charge in [-0.3, -0.25) is 0 Å². The van der Waals surface area contributed by atoms with Gasteiger partial charge in [0.2, 0.25) is 0 Å². The first-order valence-corrected chi connectivity index (χ1v) is 15.6. The first-order chi connectivity index (χ1) is 20.7. The summed E-state index contributed by atoms with van der Waals surface area (Å²) in [6.45, 7) is 13.4. The Balaban J connectivity index is 1.23. The van der Waals surface area contributed by atoms with Crippen molar-refractivity contribution in [3.8, 4) is 0 Å². The number of piperazine rings is 1. The molecule has 0 N–H and O–H groups in total. The van der Waals surface area contributed by atoms with Crippen molar-refractivity contribution in [3.05, 3.63) is 47.9 Å². The van der Waals surface area contributed by atoms with Crippen molar-refractivity contribution in [1.29, 1.82) is 0 Å². The van der Waals surface area contributed by atoms with Gasteiger partial charge in [-0.15, -0.1) is 0 Å². The van der Waals surface area contributed by atoms with Crippen LogP contribution in [0.1, 0.15) is 63.8 Å². The smallest absolute Gasteiger partial charge is 0.410 e. The van der Waals surface area contributed by atoms with E-state index in [1.54, 1.807) is 11.2 Å².